The molecule has 0 bridgehead atoms. The minimum absolute atomic E-state index is 0.117. The third-order valence-corrected chi connectivity index (χ3v) is 7.58. The summed E-state index contributed by atoms with van der Waals surface area (Å²) in [4.78, 5) is 49.8. The van der Waals surface area contributed by atoms with Crippen LogP contribution in [0.15, 0.2) is 59.7 Å². The fourth-order valence-electron chi connectivity index (χ4n) is 4.65. The lowest BCUT2D eigenvalue weighted by molar-refractivity contribution is -0.116. The van der Waals surface area contributed by atoms with Gasteiger partial charge in [0, 0.05) is 45.5 Å². The number of hydrogen-bond donors (Lipinski definition) is 4. The SMILES string of the molecule is CN(C)c1cc(NC(=O)Cn2cc(-c3cc(Cl)c(O)c(C(N)=O)c3)c3c(=O)n(C)c(NCc4ccc(F)cc4)nc32)c(Cl)cn1. The maximum absolute atomic E-state index is 13.8. The number of primary amides is 1. The molecule has 0 unspecified atom stereocenters. The van der Waals surface area contributed by atoms with Crippen molar-refractivity contribution in [2.75, 3.05) is 29.6 Å². The summed E-state index contributed by atoms with van der Waals surface area (Å²) in [7, 11) is 5.10. The molecular formula is C30H27Cl2FN8O4. The lowest BCUT2D eigenvalue weighted by Gasteiger charge is -2.14. The zero-order valence-electron chi connectivity index (χ0n) is 24.2. The minimum Gasteiger partial charge on any atom is -0.506 e. The van der Waals surface area contributed by atoms with Crippen molar-refractivity contribution in [1.82, 2.24) is 19.1 Å². The summed E-state index contributed by atoms with van der Waals surface area (Å²) < 4.78 is 16.1. The van der Waals surface area contributed by atoms with Crippen LogP contribution in [0.3, 0.4) is 0 Å². The van der Waals surface area contributed by atoms with Crippen LogP contribution < -0.4 is 26.8 Å². The van der Waals surface area contributed by atoms with E-state index in [1.54, 1.807) is 37.2 Å². The van der Waals surface area contributed by atoms with Gasteiger partial charge in [-0.05, 0) is 35.4 Å². The van der Waals surface area contributed by atoms with Crippen LogP contribution in [-0.2, 0) is 24.9 Å². The second-order valence-electron chi connectivity index (χ2n) is 10.3. The Morgan fingerprint density at radius 1 is 1.11 bits per heavy atom. The molecule has 0 aliphatic carbocycles. The number of aromatic hydroxyl groups is 1. The van der Waals surface area contributed by atoms with Gasteiger partial charge in [0.2, 0.25) is 11.9 Å². The minimum atomic E-state index is -0.927. The molecule has 2 amide bonds. The number of benzene rings is 2. The number of carbonyl (C=O) groups excluding carboxylic acids is 2. The third kappa shape index (κ3) is 6.40. The maximum atomic E-state index is 13.8. The van der Waals surface area contributed by atoms with Crippen LogP contribution in [0, 0.1) is 5.82 Å². The molecule has 0 aliphatic heterocycles. The predicted octanol–water partition coefficient (Wildman–Crippen LogP) is 4.36. The molecule has 5 rings (SSSR count). The summed E-state index contributed by atoms with van der Waals surface area (Å²) in [6, 6.07) is 10.1. The second kappa shape index (κ2) is 12.5. The first-order valence-electron chi connectivity index (χ1n) is 13.4. The van der Waals surface area contributed by atoms with E-state index in [1.165, 1.54) is 52.8 Å². The van der Waals surface area contributed by atoms with Crippen LogP contribution in [-0.4, -0.2) is 50.1 Å². The van der Waals surface area contributed by atoms with Crippen molar-refractivity contribution >= 4 is 63.5 Å². The Kier molecular flexibility index (Phi) is 8.66. The van der Waals surface area contributed by atoms with E-state index < -0.39 is 23.1 Å². The summed E-state index contributed by atoms with van der Waals surface area (Å²) in [5.41, 5.74) is 6.52. The Morgan fingerprint density at radius 2 is 1.82 bits per heavy atom. The standard InChI is InChI=1S/C30H27Cl2FN8O4/c1-39(2)23-10-22(21(32)12-35-23)37-24(42)14-41-13-19(16-8-18(27(34)44)26(43)20(31)9-16)25-28(41)38-30(40(3)29(25)45)36-11-15-4-6-17(33)7-5-15/h4-10,12-13,43H,11,14H2,1-3H3,(H2,34,44)(H,36,38)(H,35,37,42). The van der Waals surface area contributed by atoms with Crippen molar-refractivity contribution in [1.29, 1.82) is 0 Å². The molecule has 3 heterocycles. The van der Waals surface area contributed by atoms with Crippen molar-refractivity contribution in [3.05, 3.63) is 92.2 Å². The van der Waals surface area contributed by atoms with Crippen molar-refractivity contribution in [2.24, 2.45) is 12.8 Å². The Morgan fingerprint density at radius 3 is 2.49 bits per heavy atom. The lowest BCUT2D eigenvalue weighted by Crippen LogP contribution is -2.24. The van der Waals surface area contributed by atoms with Gasteiger partial charge in [-0.1, -0.05) is 35.3 Å². The van der Waals surface area contributed by atoms with Gasteiger partial charge in [-0.15, -0.1) is 0 Å². The first kappa shape index (κ1) is 31.3. The summed E-state index contributed by atoms with van der Waals surface area (Å²) >= 11 is 12.5. The largest absolute Gasteiger partial charge is 0.506 e. The van der Waals surface area contributed by atoms with Gasteiger partial charge in [0.05, 0.1) is 32.9 Å². The van der Waals surface area contributed by atoms with Crippen LogP contribution in [0.2, 0.25) is 10.0 Å². The first-order valence-corrected chi connectivity index (χ1v) is 14.1. The normalized spacial score (nSPS) is 11.1. The lowest BCUT2D eigenvalue weighted by atomic mass is 10.0. The smallest absolute Gasteiger partial charge is 0.264 e. The maximum Gasteiger partial charge on any atom is 0.264 e. The molecule has 0 radical (unpaired) electrons. The van der Waals surface area contributed by atoms with Gasteiger partial charge in [0.1, 0.15) is 23.9 Å². The van der Waals surface area contributed by atoms with Crippen molar-refractivity contribution in [2.45, 2.75) is 13.1 Å². The van der Waals surface area contributed by atoms with Gasteiger partial charge in [-0.2, -0.15) is 4.98 Å². The first-order chi connectivity index (χ1) is 21.3. The molecule has 15 heteroatoms. The van der Waals surface area contributed by atoms with Crippen molar-refractivity contribution in [3.63, 3.8) is 0 Å². The molecule has 5 N–H and O–H groups in total. The third-order valence-electron chi connectivity index (χ3n) is 6.99. The van der Waals surface area contributed by atoms with E-state index in [2.05, 4.69) is 20.6 Å². The Labute approximate surface area is 265 Å². The number of phenols is 1. The topological polar surface area (TPSA) is 160 Å². The van der Waals surface area contributed by atoms with Gasteiger partial charge < -0.3 is 30.9 Å². The average molecular weight is 654 g/mol. The number of carbonyl (C=O) groups is 2. The number of nitrogens with zero attached hydrogens (tertiary/aromatic N) is 5. The number of halogens is 3. The van der Waals surface area contributed by atoms with E-state index in [0.29, 0.717) is 11.5 Å². The van der Waals surface area contributed by atoms with Crippen LogP contribution in [0.1, 0.15) is 15.9 Å². The van der Waals surface area contributed by atoms with Gasteiger partial charge in [0.25, 0.3) is 11.5 Å². The predicted molar refractivity (Wildman–Crippen MR) is 172 cm³/mol. The molecular weight excluding hydrogens is 626 g/mol. The fourth-order valence-corrected chi connectivity index (χ4v) is 5.02. The van der Waals surface area contributed by atoms with Gasteiger partial charge in [-0.25, -0.2) is 9.37 Å². The number of hydrogen-bond acceptors (Lipinski definition) is 8. The summed E-state index contributed by atoms with van der Waals surface area (Å²) in [5, 5.41) is 16.3. The van der Waals surface area contributed by atoms with Crippen LogP contribution >= 0.6 is 23.2 Å². The molecule has 12 nitrogen and oxygen atoms in total. The van der Waals surface area contributed by atoms with E-state index in [0.717, 1.165) is 5.56 Å². The van der Waals surface area contributed by atoms with E-state index in [9.17, 15) is 23.9 Å². The van der Waals surface area contributed by atoms with Crippen LogP contribution in [0.4, 0.5) is 21.8 Å². The number of pyridine rings is 1. The molecule has 5 aromatic rings. The monoisotopic (exact) mass is 652 g/mol. The van der Waals surface area contributed by atoms with Crippen molar-refractivity contribution < 1.29 is 19.1 Å². The molecule has 45 heavy (non-hydrogen) atoms. The molecule has 2 aromatic carbocycles. The average Bonchev–Trinajstić information content (AvgIpc) is 3.34. The molecule has 0 aliphatic rings. The van der Waals surface area contributed by atoms with Crippen molar-refractivity contribution in [3.8, 4) is 16.9 Å². The Bertz CT molecular complexity index is 2030. The number of nitrogens with two attached hydrogens (primary N) is 1. The van der Waals surface area contributed by atoms with Gasteiger partial charge >= 0.3 is 0 Å². The summed E-state index contributed by atoms with van der Waals surface area (Å²) in [6.07, 6.45) is 2.94. The van der Waals surface area contributed by atoms with Crippen LogP contribution in [0.5, 0.6) is 5.75 Å². The fraction of sp³-hybridized carbons (Fsp3) is 0.167. The quantitative estimate of drug-likeness (QED) is 0.183. The number of rotatable bonds is 9. The van der Waals surface area contributed by atoms with E-state index in [-0.39, 0.29) is 62.6 Å². The molecule has 0 atom stereocenters. The van der Waals surface area contributed by atoms with E-state index in [4.69, 9.17) is 28.9 Å². The van der Waals surface area contributed by atoms with Gasteiger partial charge in [-0.3, -0.25) is 19.0 Å². The number of amides is 2. The molecule has 3 aromatic heterocycles. The Balaban J connectivity index is 1.61. The number of nitrogens with one attached hydrogen (secondary N) is 2. The molecule has 232 valence electrons. The zero-order valence-corrected chi connectivity index (χ0v) is 25.7. The summed E-state index contributed by atoms with van der Waals surface area (Å²) in [6.45, 7) is -0.0665. The van der Waals surface area contributed by atoms with Crippen LogP contribution in [0.25, 0.3) is 22.2 Å². The van der Waals surface area contributed by atoms with E-state index in [1.807, 2.05) is 0 Å². The highest BCUT2D eigenvalue weighted by Gasteiger charge is 2.23. The van der Waals surface area contributed by atoms with Gasteiger partial charge in [0.15, 0.2) is 5.65 Å². The highest BCUT2D eigenvalue weighted by molar-refractivity contribution is 6.34. The number of anilines is 3. The highest BCUT2D eigenvalue weighted by atomic mass is 35.5. The molecule has 0 saturated carbocycles. The number of fused-ring (bicyclic) bond motifs is 1. The summed E-state index contributed by atoms with van der Waals surface area (Å²) in [5.74, 6) is -1.54. The second-order valence-corrected chi connectivity index (χ2v) is 11.1. The molecule has 0 spiro atoms. The molecule has 0 saturated heterocycles. The highest BCUT2D eigenvalue weighted by Crippen LogP contribution is 2.36. The molecule has 0 fully saturated rings. The van der Waals surface area contributed by atoms with E-state index >= 15 is 0 Å². The Hall–Kier alpha value is -5.14. The zero-order chi connectivity index (χ0) is 32.6. The number of aromatic nitrogens is 4.